The normalized spacial score (nSPS) is 21.9. The molecular weight excluding hydrogens is 440 g/mol. The van der Waals surface area contributed by atoms with Crippen molar-refractivity contribution < 1.29 is 9.59 Å². The van der Waals surface area contributed by atoms with Gasteiger partial charge in [-0.15, -0.1) is 11.3 Å². The molecule has 2 aromatic rings. The molecule has 2 aromatic heterocycles. The highest BCUT2D eigenvalue weighted by atomic mass is 32.1. The van der Waals surface area contributed by atoms with Crippen molar-refractivity contribution in [1.29, 1.82) is 0 Å². The number of likely N-dealkylation sites (tertiary alicyclic amines) is 1. The van der Waals surface area contributed by atoms with Gasteiger partial charge in [0.15, 0.2) is 0 Å². The molecule has 1 saturated heterocycles. The predicted molar refractivity (Wildman–Crippen MR) is 130 cm³/mol. The van der Waals surface area contributed by atoms with E-state index in [4.69, 9.17) is 0 Å². The van der Waals surface area contributed by atoms with E-state index in [1.807, 2.05) is 18.7 Å². The molecule has 1 aliphatic heterocycles. The Kier molecular flexibility index (Phi) is 7.36. The third-order valence-corrected chi connectivity index (χ3v) is 8.10. The smallest absolute Gasteiger partial charge is 0.332 e. The molecule has 4 rings (SSSR count). The molecule has 3 heterocycles. The van der Waals surface area contributed by atoms with E-state index in [2.05, 4.69) is 5.32 Å². The van der Waals surface area contributed by atoms with Crippen molar-refractivity contribution in [2.24, 2.45) is 11.8 Å². The summed E-state index contributed by atoms with van der Waals surface area (Å²) in [6, 6.07) is 1.76. The molecule has 1 atom stereocenters. The highest BCUT2D eigenvalue weighted by Crippen LogP contribution is 2.31. The number of nitrogens with zero attached hydrogens (tertiary/aromatic N) is 3. The van der Waals surface area contributed by atoms with Gasteiger partial charge in [0.05, 0.1) is 5.52 Å². The zero-order chi connectivity index (χ0) is 23.5. The van der Waals surface area contributed by atoms with E-state index in [1.54, 1.807) is 11.4 Å². The average Bonchev–Trinajstić information content (AvgIpc) is 3.52. The predicted octanol–water partition coefficient (Wildman–Crippen LogP) is 2.57. The molecule has 0 aromatic carbocycles. The molecule has 33 heavy (non-hydrogen) atoms. The Hall–Kier alpha value is -2.42. The van der Waals surface area contributed by atoms with Crippen LogP contribution in [0.2, 0.25) is 0 Å². The Bertz CT molecular complexity index is 1120. The number of nitrogens with one attached hydrogen (secondary N) is 1. The number of hydrogen-bond donors (Lipinski definition) is 1. The minimum atomic E-state index is -0.430. The van der Waals surface area contributed by atoms with Crippen LogP contribution in [0.5, 0.6) is 0 Å². The van der Waals surface area contributed by atoms with Crippen molar-refractivity contribution in [3.63, 3.8) is 0 Å². The van der Waals surface area contributed by atoms with Crippen LogP contribution in [0.3, 0.4) is 0 Å². The van der Waals surface area contributed by atoms with Gasteiger partial charge in [-0.05, 0) is 69.2 Å². The van der Waals surface area contributed by atoms with Gasteiger partial charge in [0, 0.05) is 31.6 Å². The van der Waals surface area contributed by atoms with Crippen LogP contribution in [0, 0.1) is 11.8 Å². The molecule has 180 valence electrons. The molecular formula is C24H34N4O4S. The van der Waals surface area contributed by atoms with Crippen LogP contribution in [0.1, 0.15) is 58.8 Å². The number of carbonyl (C=O) groups excluding carboxylic acids is 2. The van der Waals surface area contributed by atoms with Crippen molar-refractivity contribution in [1.82, 2.24) is 19.4 Å². The van der Waals surface area contributed by atoms with Crippen LogP contribution < -0.4 is 16.6 Å². The standard InChI is InChI=1S/C24H34N4O4S/c1-3-16(2)25-20(29)15-27-19-10-13-33-21(19)23(31)28(24(27)32)14-17-6-8-18(9-7-17)22(30)26-11-4-5-12-26/h10,13,16-18H,3-9,11-12,14-15H2,1-2H3,(H,25,29)/t16-,17?,18?/m0/s1. The number of hydrogen-bond acceptors (Lipinski definition) is 5. The number of thiophene rings is 1. The van der Waals surface area contributed by atoms with E-state index in [1.165, 1.54) is 20.5 Å². The molecule has 1 N–H and O–H groups in total. The summed E-state index contributed by atoms with van der Waals surface area (Å²) in [4.78, 5) is 53.6. The molecule has 2 amide bonds. The SMILES string of the molecule is CC[C@H](C)NC(=O)Cn1c(=O)n(CC2CCC(C(=O)N3CCCC3)CC2)c(=O)c2sccc21. The van der Waals surface area contributed by atoms with Crippen molar-refractivity contribution in [3.05, 3.63) is 32.3 Å². The zero-order valence-corrected chi connectivity index (χ0v) is 20.4. The van der Waals surface area contributed by atoms with E-state index in [-0.39, 0.29) is 41.8 Å². The minimum absolute atomic E-state index is 0.0236. The van der Waals surface area contributed by atoms with Gasteiger partial charge in [-0.25, -0.2) is 4.79 Å². The lowest BCUT2D eigenvalue weighted by molar-refractivity contribution is -0.135. The van der Waals surface area contributed by atoms with E-state index in [9.17, 15) is 19.2 Å². The lowest BCUT2D eigenvalue weighted by atomic mass is 9.81. The monoisotopic (exact) mass is 474 g/mol. The summed E-state index contributed by atoms with van der Waals surface area (Å²) >= 11 is 1.30. The Morgan fingerprint density at radius 1 is 1.12 bits per heavy atom. The summed E-state index contributed by atoms with van der Waals surface area (Å²) in [5.74, 6) is 0.289. The van der Waals surface area contributed by atoms with Crippen LogP contribution in [0.15, 0.2) is 21.0 Å². The lowest BCUT2D eigenvalue weighted by Crippen LogP contribution is -2.44. The van der Waals surface area contributed by atoms with Gasteiger partial charge in [0.25, 0.3) is 5.56 Å². The molecule has 1 aliphatic carbocycles. The number of amides is 2. The fourth-order valence-corrected chi connectivity index (χ4v) is 5.90. The molecule has 8 nitrogen and oxygen atoms in total. The van der Waals surface area contributed by atoms with Gasteiger partial charge in [-0.1, -0.05) is 6.92 Å². The maximum atomic E-state index is 13.3. The molecule has 0 bridgehead atoms. The first-order valence-electron chi connectivity index (χ1n) is 12.2. The highest BCUT2D eigenvalue weighted by molar-refractivity contribution is 7.17. The molecule has 2 fully saturated rings. The lowest BCUT2D eigenvalue weighted by Gasteiger charge is -2.30. The maximum absolute atomic E-state index is 13.3. The van der Waals surface area contributed by atoms with Gasteiger partial charge >= 0.3 is 5.69 Å². The van der Waals surface area contributed by atoms with Crippen LogP contribution in [-0.4, -0.2) is 45.0 Å². The Morgan fingerprint density at radius 2 is 1.82 bits per heavy atom. The number of rotatable bonds is 7. The van der Waals surface area contributed by atoms with Gasteiger partial charge < -0.3 is 10.2 Å². The Balaban J connectivity index is 1.50. The van der Waals surface area contributed by atoms with Crippen LogP contribution in [0.4, 0.5) is 0 Å². The topological polar surface area (TPSA) is 93.4 Å². The van der Waals surface area contributed by atoms with Gasteiger partial charge in [0.2, 0.25) is 11.8 Å². The third-order valence-electron chi connectivity index (χ3n) is 7.21. The van der Waals surface area contributed by atoms with Crippen molar-refractivity contribution in [3.8, 4) is 0 Å². The second-order valence-electron chi connectivity index (χ2n) is 9.55. The summed E-state index contributed by atoms with van der Waals surface area (Å²) in [7, 11) is 0. The Labute approximate surface area is 197 Å². The maximum Gasteiger partial charge on any atom is 0.332 e. The largest absolute Gasteiger partial charge is 0.352 e. The second kappa shape index (κ2) is 10.2. The summed E-state index contributed by atoms with van der Waals surface area (Å²) < 4.78 is 3.24. The number of carbonyl (C=O) groups is 2. The first-order chi connectivity index (χ1) is 15.9. The summed E-state index contributed by atoms with van der Waals surface area (Å²) in [5, 5.41) is 4.68. The number of fused-ring (bicyclic) bond motifs is 1. The average molecular weight is 475 g/mol. The summed E-state index contributed by atoms with van der Waals surface area (Å²) in [5.41, 5.74) is -0.190. The molecule has 2 aliphatic rings. The van der Waals surface area contributed by atoms with E-state index in [0.29, 0.717) is 16.8 Å². The van der Waals surface area contributed by atoms with E-state index in [0.717, 1.165) is 58.0 Å². The van der Waals surface area contributed by atoms with Crippen LogP contribution in [0.25, 0.3) is 10.2 Å². The van der Waals surface area contributed by atoms with E-state index >= 15 is 0 Å². The van der Waals surface area contributed by atoms with Gasteiger partial charge in [-0.2, -0.15) is 0 Å². The van der Waals surface area contributed by atoms with Gasteiger partial charge in [0.1, 0.15) is 11.2 Å². The fraction of sp³-hybridized carbons (Fsp3) is 0.667. The molecule has 0 unspecified atom stereocenters. The van der Waals surface area contributed by atoms with Crippen LogP contribution in [-0.2, 0) is 22.7 Å². The summed E-state index contributed by atoms with van der Waals surface area (Å²) in [6.45, 7) is 5.89. The quantitative estimate of drug-likeness (QED) is 0.667. The van der Waals surface area contributed by atoms with Gasteiger partial charge in [-0.3, -0.25) is 23.5 Å². The highest BCUT2D eigenvalue weighted by Gasteiger charge is 2.31. The minimum Gasteiger partial charge on any atom is -0.352 e. The molecule has 0 spiro atoms. The van der Waals surface area contributed by atoms with Crippen molar-refractivity contribution >= 4 is 33.4 Å². The van der Waals surface area contributed by atoms with Crippen molar-refractivity contribution in [2.45, 2.75) is 77.9 Å². The van der Waals surface area contributed by atoms with E-state index < -0.39 is 5.69 Å². The van der Waals surface area contributed by atoms with Crippen LogP contribution >= 0.6 is 11.3 Å². The first kappa shape index (κ1) is 23.7. The molecule has 9 heteroatoms. The number of aromatic nitrogens is 2. The first-order valence-corrected chi connectivity index (χ1v) is 13.1. The molecule has 0 radical (unpaired) electrons. The fourth-order valence-electron chi connectivity index (χ4n) is 5.06. The summed E-state index contributed by atoms with van der Waals surface area (Å²) in [6.07, 6.45) is 6.26. The third kappa shape index (κ3) is 5.08. The Morgan fingerprint density at radius 3 is 2.48 bits per heavy atom. The zero-order valence-electron chi connectivity index (χ0n) is 19.5. The second-order valence-corrected chi connectivity index (χ2v) is 10.5. The van der Waals surface area contributed by atoms with Crippen molar-refractivity contribution in [2.75, 3.05) is 13.1 Å². The molecule has 1 saturated carbocycles.